The minimum absolute atomic E-state index is 0.140. The number of ether oxygens (including phenoxy) is 1. The van der Waals surface area contributed by atoms with E-state index in [4.69, 9.17) is 4.74 Å². The average Bonchev–Trinajstić information content (AvgIpc) is 2.78. The molecule has 0 bridgehead atoms. The number of nitrogens with zero attached hydrogens (tertiary/aromatic N) is 1. The van der Waals surface area contributed by atoms with Crippen LogP contribution in [0.2, 0.25) is 0 Å². The molecule has 0 aliphatic heterocycles. The van der Waals surface area contributed by atoms with Gasteiger partial charge < -0.3 is 4.74 Å². The minimum Gasteiger partial charge on any atom is -0.490 e. The van der Waals surface area contributed by atoms with Crippen LogP contribution in [0.15, 0.2) is 18.2 Å². The summed E-state index contributed by atoms with van der Waals surface area (Å²) < 4.78 is 6.02. The summed E-state index contributed by atoms with van der Waals surface area (Å²) in [4.78, 5) is 0. The van der Waals surface area contributed by atoms with Crippen molar-refractivity contribution in [3.05, 3.63) is 29.3 Å². The first kappa shape index (κ1) is 13.9. The Labute approximate surface area is 115 Å². The predicted molar refractivity (Wildman–Crippen MR) is 76.2 cm³/mol. The highest BCUT2D eigenvalue weighted by molar-refractivity contribution is 5.34. The smallest absolute Gasteiger partial charge is 0.120 e. The molecule has 0 aromatic heterocycles. The van der Waals surface area contributed by atoms with Crippen molar-refractivity contribution in [2.75, 3.05) is 6.54 Å². The van der Waals surface area contributed by atoms with Gasteiger partial charge in [-0.05, 0) is 56.5 Å². The van der Waals surface area contributed by atoms with Crippen molar-refractivity contribution in [3.63, 3.8) is 0 Å². The van der Waals surface area contributed by atoms with E-state index in [-0.39, 0.29) is 11.6 Å². The fraction of sp³-hybridized carbons (Fsp3) is 0.562. The molecule has 3 heteroatoms. The molecule has 1 fully saturated rings. The SMILES string of the molecule is CCNC1(C#N)CCC(Oc2ccc(C)c(C)c2)C1. The van der Waals surface area contributed by atoms with E-state index >= 15 is 0 Å². The van der Waals surface area contributed by atoms with Gasteiger partial charge in [0.1, 0.15) is 17.4 Å². The Morgan fingerprint density at radius 3 is 2.84 bits per heavy atom. The molecule has 0 amide bonds. The maximum atomic E-state index is 9.34. The number of nitriles is 1. The zero-order valence-corrected chi connectivity index (χ0v) is 12.0. The summed E-state index contributed by atoms with van der Waals surface area (Å²) in [6, 6.07) is 8.60. The lowest BCUT2D eigenvalue weighted by Crippen LogP contribution is -2.42. The zero-order chi connectivity index (χ0) is 13.9. The highest BCUT2D eigenvalue weighted by Crippen LogP contribution is 2.32. The second-order valence-electron chi connectivity index (χ2n) is 5.45. The van der Waals surface area contributed by atoms with Crippen LogP contribution < -0.4 is 10.1 Å². The average molecular weight is 258 g/mol. The topological polar surface area (TPSA) is 45.0 Å². The molecule has 1 aromatic carbocycles. The molecule has 102 valence electrons. The van der Waals surface area contributed by atoms with Gasteiger partial charge in [0.2, 0.25) is 0 Å². The fourth-order valence-corrected chi connectivity index (χ4v) is 2.72. The van der Waals surface area contributed by atoms with Crippen molar-refractivity contribution in [1.82, 2.24) is 5.32 Å². The second kappa shape index (κ2) is 5.63. The van der Waals surface area contributed by atoms with Crippen LogP contribution in [0.3, 0.4) is 0 Å². The third kappa shape index (κ3) is 3.08. The minimum atomic E-state index is -0.390. The van der Waals surface area contributed by atoms with Crippen LogP contribution in [0.1, 0.15) is 37.3 Å². The third-order valence-corrected chi connectivity index (χ3v) is 3.98. The van der Waals surface area contributed by atoms with Crippen molar-refractivity contribution >= 4 is 0 Å². The van der Waals surface area contributed by atoms with Gasteiger partial charge in [-0.1, -0.05) is 13.0 Å². The van der Waals surface area contributed by atoms with Crippen molar-refractivity contribution in [3.8, 4) is 11.8 Å². The maximum Gasteiger partial charge on any atom is 0.120 e. The monoisotopic (exact) mass is 258 g/mol. The molecule has 0 heterocycles. The molecule has 2 rings (SSSR count). The van der Waals surface area contributed by atoms with Gasteiger partial charge in [0.15, 0.2) is 0 Å². The molecule has 1 aliphatic rings. The van der Waals surface area contributed by atoms with Gasteiger partial charge in [-0.2, -0.15) is 5.26 Å². The van der Waals surface area contributed by atoms with Gasteiger partial charge in [-0.25, -0.2) is 0 Å². The Hall–Kier alpha value is -1.53. The second-order valence-corrected chi connectivity index (χ2v) is 5.45. The molecule has 0 saturated heterocycles. The zero-order valence-electron chi connectivity index (χ0n) is 12.0. The lowest BCUT2D eigenvalue weighted by molar-refractivity contribution is 0.201. The molecule has 0 radical (unpaired) electrons. The lowest BCUT2D eigenvalue weighted by atomic mass is 10.00. The van der Waals surface area contributed by atoms with E-state index in [2.05, 4.69) is 37.4 Å². The Morgan fingerprint density at radius 2 is 2.21 bits per heavy atom. The first-order valence-electron chi connectivity index (χ1n) is 6.99. The molecule has 1 saturated carbocycles. The molecule has 0 spiro atoms. The molecule has 2 atom stereocenters. The summed E-state index contributed by atoms with van der Waals surface area (Å²) in [5, 5.41) is 12.6. The number of hydrogen-bond donors (Lipinski definition) is 1. The fourth-order valence-electron chi connectivity index (χ4n) is 2.72. The van der Waals surface area contributed by atoms with Crippen LogP contribution in [0.25, 0.3) is 0 Å². The van der Waals surface area contributed by atoms with Gasteiger partial charge in [0.25, 0.3) is 0 Å². The van der Waals surface area contributed by atoms with E-state index in [1.165, 1.54) is 11.1 Å². The van der Waals surface area contributed by atoms with E-state index in [0.717, 1.165) is 31.6 Å². The number of benzene rings is 1. The summed E-state index contributed by atoms with van der Waals surface area (Å²) >= 11 is 0. The van der Waals surface area contributed by atoms with Crippen molar-refractivity contribution in [2.45, 2.75) is 51.7 Å². The number of rotatable bonds is 4. The van der Waals surface area contributed by atoms with Crippen LogP contribution in [0.4, 0.5) is 0 Å². The number of hydrogen-bond acceptors (Lipinski definition) is 3. The van der Waals surface area contributed by atoms with E-state index in [1.54, 1.807) is 0 Å². The normalized spacial score (nSPS) is 26.1. The molecule has 1 aliphatic carbocycles. The largest absolute Gasteiger partial charge is 0.490 e. The summed E-state index contributed by atoms with van der Waals surface area (Å²) in [5.74, 6) is 0.915. The van der Waals surface area contributed by atoms with Crippen LogP contribution in [0.5, 0.6) is 5.75 Å². The Morgan fingerprint density at radius 1 is 1.42 bits per heavy atom. The molecule has 3 nitrogen and oxygen atoms in total. The standard InChI is InChI=1S/C16H22N2O/c1-4-18-16(11-17)8-7-15(10-16)19-14-6-5-12(2)13(3)9-14/h5-6,9,15,18H,4,7-8,10H2,1-3H3. The van der Waals surface area contributed by atoms with Gasteiger partial charge in [0, 0.05) is 6.42 Å². The van der Waals surface area contributed by atoms with Crippen molar-refractivity contribution in [2.24, 2.45) is 0 Å². The molecule has 2 unspecified atom stereocenters. The van der Waals surface area contributed by atoms with E-state index in [1.807, 2.05) is 13.0 Å². The summed E-state index contributed by atoms with van der Waals surface area (Å²) in [6.45, 7) is 7.05. The Bertz CT molecular complexity index is 492. The molecule has 19 heavy (non-hydrogen) atoms. The van der Waals surface area contributed by atoms with Gasteiger partial charge in [0.05, 0.1) is 6.07 Å². The first-order valence-corrected chi connectivity index (χ1v) is 6.99. The highest BCUT2D eigenvalue weighted by atomic mass is 16.5. The Kier molecular flexibility index (Phi) is 4.11. The summed E-state index contributed by atoms with van der Waals surface area (Å²) in [7, 11) is 0. The number of aryl methyl sites for hydroxylation is 2. The summed E-state index contributed by atoms with van der Waals surface area (Å²) in [5.41, 5.74) is 2.13. The molecular weight excluding hydrogens is 236 g/mol. The Balaban J connectivity index is 2.02. The summed E-state index contributed by atoms with van der Waals surface area (Å²) in [6.07, 6.45) is 2.71. The number of nitrogens with one attached hydrogen (secondary N) is 1. The van der Waals surface area contributed by atoms with Crippen LogP contribution >= 0.6 is 0 Å². The van der Waals surface area contributed by atoms with Crippen LogP contribution in [-0.2, 0) is 0 Å². The quantitative estimate of drug-likeness (QED) is 0.902. The van der Waals surface area contributed by atoms with Gasteiger partial charge >= 0.3 is 0 Å². The third-order valence-electron chi connectivity index (χ3n) is 3.98. The van der Waals surface area contributed by atoms with Crippen molar-refractivity contribution in [1.29, 1.82) is 5.26 Å². The first-order chi connectivity index (χ1) is 9.08. The highest BCUT2D eigenvalue weighted by Gasteiger charge is 2.39. The van der Waals surface area contributed by atoms with E-state index < -0.39 is 0 Å². The molecule has 1 N–H and O–H groups in total. The van der Waals surface area contributed by atoms with E-state index in [9.17, 15) is 5.26 Å². The molecular formula is C16H22N2O. The van der Waals surface area contributed by atoms with E-state index in [0.29, 0.717) is 0 Å². The van der Waals surface area contributed by atoms with Gasteiger partial charge in [-0.3, -0.25) is 5.32 Å². The van der Waals surface area contributed by atoms with Crippen LogP contribution in [-0.4, -0.2) is 18.2 Å². The van der Waals surface area contributed by atoms with Crippen LogP contribution in [0, 0.1) is 25.2 Å². The van der Waals surface area contributed by atoms with Crippen molar-refractivity contribution < 1.29 is 4.74 Å². The predicted octanol–water partition coefficient (Wildman–Crippen LogP) is 3.11. The molecule has 1 aromatic rings. The van der Waals surface area contributed by atoms with Gasteiger partial charge in [-0.15, -0.1) is 0 Å². The maximum absolute atomic E-state index is 9.34. The lowest BCUT2D eigenvalue weighted by Gasteiger charge is -2.22.